The van der Waals surface area contributed by atoms with Gasteiger partial charge in [0.05, 0.1) is 10.6 Å². The molecule has 0 aliphatic carbocycles. The molecular formula is C14H20N2O4. The maximum Gasteiger partial charge on any atom is 0.414 e. The molecule has 0 aliphatic heterocycles. The van der Waals surface area contributed by atoms with Crippen molar-refractivity contribution >= 4 is 17.5 Å². The Morgan fingerprint density at radius 2 is 2.05 bits per heavy atom. The number of non-ortho nitro benzene ring substituents is 1. The van der Waals surface area contributed by atoms with Crippen LogP contribution in [0.25, 0.3) is 0 Å². The second kappa shape index (κ2) is 6.36. The second-order valence-corrected chi connectivity index (χ2v) is 5.41. The van der Waals surface area contributed by atoms with Crippen LogP contribution in [-0.2, 0) is 4.74 Å². The number of nitro benzene ring substituents is 1. The van der Waals surface area contributed by atoms with Crippen molar-refractivity contribution in [3.8, 4) is 0 Å². The van der Waals surface area contributed by atoms with E-state index in [0.717, 1.165) is 6.42 Å². The van der Waals surface area contributed by atoms with Crippen molar-refractivity contribution in [2.24, 2.45) is 0 Å². The van der Waals surface area contributed by atoms with Gasteiger partial charge in [0.15, 0.2) is 0 Å². The Hall–Kier alpha value is -2.11. The monoisotopic (exact) mass is 280 g/mol. The number of anilines is 1. The number of hydrogen-bond donors (Lipinski definition) is 0. The van der Waals surface area contributed by atoms with Crippen LogP contribution in [0.1, 0.15) is 34.1 Å². The molecule has 0 saturated carbocycles. The van der Waals surface area contributed by atoms with Crippen LogP contribution in [0.2, 0.25) is 0 Å². The molecule has 1 rings (SSSR count). The fourth-order valence-electron chi connectivity index (χ4n) is 1.64. The van der Waals surface area contributed by atoms with Gasteiger partial charge < -0.3 is 4.74 Å². The first-order chi connectivity index (χ1) is 9.24. The summed E-state index contributed by atoms with van der Waals surface area (Å²) in [6, 6.07) is 5.98. The van der Waals surface area contributed by atoms with Crippen LogP contribution in [0.4, 0.5) is 16.2 Å². The van der Waals surface area contributed by atoms with Crippen molar-refractivity contribution in [2.45, 2.75) is 39.7 Å². The number of hydrogen-bond acceptors (Lipinski definition) is 4. The van der Waals surface area contributed by atoms with Crippen molar-refractivity contribution in [2.75, 3.05) is 11.4 Å². The van der Waals surface area contributed by atoms with Crippen molar-refractivity contribution in [1.82, 2.24) is 0 Å². The van der Waals surface area contributed by atoms with Gasteiger partial charge in [0.1, 0.15) is 5.60 Å². The molecular weight excluding hydrogens is 260 g/mol. The highest BCUT2D eigenvalue weighted by molar-refractivity contribution is 5.88. The summed E-state index contributed by atoms with van der Waals surface area (Å²) in [6.07, 6.45) is 0.224. The Labute approximate surface area is 118 Å². The highest BCUT2D eigenvalue weighted by Gasteiger charge is 2.23. The number of rotatable bonds is 4. The van der Waals surface area contributed by atoms with Gasteiger partial charge in [0, 0.05) is 18.7 Å². The number of ether oxygens (including phenoxy) is 1. The second-order valence-electron chi connectivity index (χ2n) is 5.41. The van der Waals surface area contributed by atoms with E-state index in [1.165, 1.54) is 17.0 Å². The molecule has 0 atom stereocenters. The van der Waals surface area contributed by atoms with Crippen LogP contribution >= 0.6 is 0 Å². The summed E-state index contributed by atoms with van der Waals surface area (Å²) in [5.41, 5.74) is -0.188. The summed E-state index contributed by atoms with van der Waals surface area (Å²) in [5.74, 6) is 0. The average Bonchev–Trinajstić information content (AvgIpc) is 2.33. The van der Waals surface area contributed by atoms with E-state index in [1.54, 1.807) is 32.9 Å². The molecule has 0 aromatic heterocycles. The Morgan fingerprint density at radius 3 is 2.55 bits per heavy atom. The molecule has 0 unspecified atom stereocenters. The maximum absolute atomic E-state index is 12.2. The van der Waals surface area contributed by atoms with Gasteiger partial charge in [-0.25, -0.2) is 4.79 Å². The molecule has 0 heterocycles. The predicted octanol–water partition coefficient (Wildman–Crippen LogP) is 3.75. The van der Waals surface area contributed by atoms with E-state index >= 15 is 0 Å². The summed E-state index contributed by atoms with van der Waals surface area (Å²) in [4.78, 5) is 23.9. The lowest BCUT2D eigenvalue weighted by Gasteiger charge is -2.27. The van der Waals surface area contributed by atoms with Crippen molar-refractivity contribution in [3.63, 3.8) is 0 Å². The van der Waals surface area contributed by atoms with Crippen molar-refractivity contribution in [1.29, 1.82) is 0 Å². The van der Waals surface area contributed by atoms with E-state index in [1.807, 2.05) is 6.92 Å². The third-order valence-electron chi connectivity index (χ3n) is 2.41. The molecule has 0 aliphatic rings. The third-order valence-corrected chi connectivity index (χ3v) is 2.41. The highest BCUT2D eigenvalue weighted by atomic mass is 16.6. The first-order valence-electron chi connectivity index (χ1n) is 6.49. The standard InChI is InChI=1S/C14H20N2O4/c1-5-9-15(13(17)20-14(2,3)4)11-7-6-8-12(10-11)16(18)19/h6-8,10H,5,9H2,1-4H3. The summed E-state index contributed by atoms with van der Waals surface area (Å²) >= 11 is 0. The maximum atomic E-state index is 12.2. The molecule has 0 bridgehead atoms. The fourth-order valence-corrected chi connectivity index (χ4v) is 1.64. The molecule has 110 valence electrons. The first kappa shape index (κ1) is 15.9. The fraction of sp³-hybridized carbons (Fsp3) is 0.500. The number of carbonyl (C=O) groups is 1. The van der Waals surface area contributed by atoms with Crippen molar-refractivity contribution < 1.29 is 14.5 Å². The van der Waals surface area contributed by atoms with E-state index in [0.29, 0.717) is 12.2 Å². The van der Waals surface area contributed by atoms with Gasteiger partial charge in [0.2, 0.25) is 0 Å². The number of nitro groups is 1. The molecule has 1 aromatic carbocycles. The number of nitrogens with zero attached hydrogens (tertiary/aromatic N) is 2. The predicted molar refractivity (Wildman–Crippen MR) is 77.0 cm³/mol. The Kier molecular flexibility index (Phi) is 5.07. The van der Waals surface area contributed by atoms with Crippen LogP contribution in [0.5, 0.6) is 0 Å². The molecule has 0 radical (unpaired) electrons. The molecule has 0 fully saturated rings. The molecule has 1 amide bonds. The normalized spacial score (nSPS) is 11.0. The summed E-state index contributed by atoms with van der Waals surface area (Å²) in [6.45, 7) is 7.71. The van der Waals surface area contributed by atoms with Gasteiger partial charge in [-0.2, -0.15) is 0 Å². The molecule has 0 saturated heterocycles. The lowest BCUT2D eigenvalue weighted by molar-refractivity contribution is -0.384. The van der Waals surface area contributed by atoms with Crippen molar-refractivity contribution in [3.05, 3.63) is 34.4 Å². The van der Waals surface area contributed by atoms with E-state index in [2.05, 4.69) is 0 Å². The Balaban J connectivity index is 3.04. The van der Waals surface area contributed by atoms with E-state index < -0.39 is 16.6 Å². The third kappa shape index (κ3) is 4.53. The molecule has 6 heteroatoms. The number of benzene rings is 1. The Bertz CT molecular complexity index is 494. The van der Waals surface area contributed by atoms with E-state index in [9.17, 15) is 14.9 Å². The van der Waals surface area contributed by atoms with E-state index in [4.69, 9.17) is 4.74 Å². The zero-order valence-corrected chi connectivity index (χ0v) is 12.3. The number of amides is 1. The topological polar surface area (TPSA) is 72.7 Å². The SMILES string of the molecule is CCCN(C(=O)OC(C)(C)C)c1cccc([N+](=O)[O-])c1. The highest BCUT2D eigenvalue weighted by Crippen LogP contribution is 2.23. The summed E-state index contributed by atoms with van der Waals surface area (Å²) < 4.78 is 5.32. The van der Waals surface area contributed by atoms with Crippen LogP contribution in [0.15, 0.2) is 24.3 Å². The van der Waals surface area contributed by atoms with Crippen LogP contribution < -0.4 is 4.90 Å². The molecule has 0 N–H and O–H groups in total. The van der Waals surface area contributed by atoms with Gasteiger partial charge in [0.25, 0.3) is 5.69 Å². The smallest absolute Gasteiger partial charge is 0.414 e. The summed E-state index contributed by atoms with van der Waals surface area (Å²) in [7, 11) is 0. The quantitative estimate of drug-likeness (QED) is 0.622. The summed E-state index contributed by atoms with van der Waals surface area (Å²) in [5, 5.41) is 10.8. The minimum atomic E-state index is -0.607. The lowest BCUT2D eigenvalue weighted by atomic mass is 10.2. The number of carbonyl (C=O) groups excluding carboxylic acids is 1. The Morgan fingerprint density at radius 1 is 1.40 bits per heavy atom. The minimum absolute atomic E-state index is 0.0489. The van der Waals surface area contributed by atoms with Crippen LogP contribution in [0, 0.1) is 10.1 Å². The van der Waals surface area contributed by atoms with Gasteiger partial charge in [-0.05, 0) is 33.3 Å². The van der Waals surface area contributed by atoms with Gasteiger partial charge in [-0.3, -0.25) is 15.0 Å². The molecule has 6 nitrogen and oxygen atoms in total. The molecule has 1 aromatic rings. The van der Waals surface area contributed by atoms with Gasteiger partial charge in [-0.1, -0.05) is 13.0 Å². The zero-order valence-electron chi connectivity index (χ0n) is 12.3. The van der Waals surface area contributed by atoms with Gasteiger partial charge >= 0.3 is 6.09 Å². The molecule has 0 spiro atoms. The van der Waals surface area contributed by atoms with E-state index in [-0.39, 0.29) is 5.69 Å². The largest absolute Gasteiger partial charge is 0.443 e. The van der Waals surface area contributed by atoms with Crippen LogP contribution in [-0.4, -0.2) is 23.2 Å². The molecule has 20 heavy (non-hydrogen) atoms. The first-order valence-corrected chi connectivity index (χ1v) is 6.49. The van der Waals surface area contributed by atoms with Crippen LogP contribution in [0.3, 0.4) is 0 Å². The minimum Gasteiger partial charge on any atom is -0.443 e. The zero-order chi connectivity index (χ0) is 15.3. The van der Waals surface area contributed by atoms with Gasteiger partial charge in [-0.15, -0.1) is 0 Å². The average molecular weight is 280 g/mol. The lowest BCUT2D eigenvalue weighted by Crippen LogP contribution is -2.37.